The summed E-state index contributed by atoms with van der Waals surface area (Å²) in [7, 11) is 0. The monoisotopic (exact) mass is 218 g/mol. The van der Waals surface area contributed by atoms with Crippen LogP contribution in [0.3, 0.4) is 0 Å². The zero-order valence-corrected chi connectivity index (χ0v) is 10.6. The molecule has 0 bridgehead atoms. The number of hydrogen-bond acceptors (Lipinski definition) is 1. The van der Waals surface area contributed by atoms with Crippen LogP contribution < -0.4 is 0 Å². The van der Waals surface area contributed by atoms with E-state index in [4.69, 9.17) is 0 Å². The number of aliphatic hydroxyl groups is 1. The van der Waals surface area contributed by atoms with Gasteiger partial charge in [-0.05, 0) is 50.2 Å². The Labute approximate surface area is 98.5 Å². The van der Waals surface area contributed by atoms with Gasteiger partial charge in [-0.3, -0.25) is 0 Å². The van der Waals surface area contributed by atoms with Gasteiger partial charge < -0.3 is 5.11 Å². The lowest BCUT2D eigenvalue weighted by atomic mass is 9.80. The molecule has 2 rings (SSSR count). The molecule has 1 aliphatic carbocycles. The number of aryl methyl sites for hydroxylation is 2. The van der Waals surface area contributed by atoms with Crippen LogP contribution in [0.25, 0.3) is 0 Å². The van der Waals surface area contributed by atoms with E-state index >= 15 is 0 Å². The zero-order valence-electron chi connectivity index (χ0n) is 10.6. The van der Waals surface area contributed by atoms with Crippen molar-refractivity contribution in [3.05, 3.63) is 34.9 Å². The summed E-state index contributed by atoms with van der Waals surface area (Å²) in [5, 5.41) is 10.9. The Morgan fingerprint density at radius 1 is 1.38 bits per heavy atom. The van der Waals surface area contributed by atoms with E-state index in [-0.39, 0.29) is 0 Å². The molecule has 88 valence electrons. The summed E-state index contributed by atoms with van der Waals surface area (Å²) in [5.41, 5.74) is 3.10. The van der Waals surface area contributed by atoms with Gasteiger partial charge in [0.05, 0.1) is 5.60 Å². The van der Waals surface area contributed by atoms with Gasteiger partial charge in [0.25, 0.3) is 0 Å². The summed E-state index contributed by atoms with van der Waals surface area (Å²) in [6, 6.07) is 6.42. The van der Waals surface area contributed by atoms with E-state index in [1.165, 1.54) is 17.5 Å². The fourth-order valence-corrected chi connectivity index (χ4v) is 3.26. The molecule has 1 heteroatoms. The minimum Gasteiger partial charge on any atom is -0.385 e. The predicted molar refractivity (Wildman–Crippen MR) is 67.4 cm³/mol. The molecule has 1 nitrogen and oxygen atoms in total. The third-order valence-corrected chi connectivity index (χ3v) is 4.13. The summed E-state index contributed by atoms with van der Waals surface area (Å²) in [6.07, 6.45) is 4.32. The van der Waals surface area contributed by atoms with Crippen molar-refractivity contribution < 1.29 is 5.11 Å². The van der Waals surface area contributed by atoms with Gasteiger partial charge >= 0.3 is 0 Å². The Morgan fingerprint density at radius 2 is 2.12 bits per heavy atom. The molecule has 0 radical (unpaired) electrons. The Kier molecular flexibility index (Phi) is 3.07. The second-order valence-electron chi connectivity index (χ2n) is 5.24. The second kappa shape index (κ2) is 4.21. The van der Waals surface area contributed by atoms with Crippen molar-refractivity contribution in [3.8, 4) is 0 Å². The first-order chi connectivity index (χ1) is 7.58. The number of rotatable bonds is 2. The third kappa shape index (κ3) is 1.78. The standard InChI is InChI=1S/C15H22O/c1-4-13-6-5-9-15(13,16)14-8-7-11(2)10-12(14)3/h7-8,10,13,16H,4-6,9H2,1-3H3. The average Bonchev–Trinajstić information content (AvgIpc) is 2.60. The normalized spacial score (nSPS) is 29.6. The minimum absolute atomic E-state index is 0.439. The van der Waals surface area contributed by atoms with Crippen LogP contribution in [-0.4, -0.2) is 5.11 Å². The highest BCUT2D eigenvalue weighted by Gasteiger charge is 2.41. The summed E-state index contributed by atoms with van der Waals surface area (Å²) in [5.74, 6) is 0.439. The maximum atomic E-state index is 10.9. The van der Waals surface area contributed by atoms with Gasteiger partial charge in [0, 0.05) is 0 Å². The van der Waals surface area contributed by atoms with Crippen LogP contribution in [-0.2, 0) is 5.60 Å². The van der Waals surface area contributed by atoms with Gasteiger partial charge in [-0.15, -0.1) is 0 Å². The minimum atomic E-state index is -0.563. The molecular formula is C15H22O. The van der Waals surface area contributed by atoms with E-state index in [0.717, 1.165) is 24.8 Å². The highest BCUT2D eigenvalue weighted by Crippen LogP contribution is 2.46. The van der Waals surface area contributed by atoms with Crippen molar-refractivity contribution in [3.63, 3.8) is 0 Å². The first kappa shape index (κ1) is 11.7. The molecule has 0 aliphatic heterocycles. The Hall–Kier alpha value is -0.820. The van der Waals surface area contributed by atoms with Crippen LogP contribution in [0.1, 0.15) is 49.3 Å². The van der Waals surface area contributed by atoms with Crippen LogP contribution in [0.5, 0.6) is 0 Å². The molecule has 1 saturated carbocycles. The van der Waals surface area contributed by atoms with E-state index in [9.17, 15) is 5.11 Å². The molecule has 0 aromatic heterocycles. The second-order valence-corrected chi connectivity index (χ2v) is 5.24. The van der Waals surface area contributed by atoms with Crippen LogP contribution in [0.15, 0.2) is 18.2 Å². The van der Waals surface area contributed by atoms with Gasteiger partial charge in [-0.1, -0.05) is 37.1 Å². The number of hydrogen-bond donors (Lipinski definition) is 1. The lowest BCUT2D eigenvalue weighted by Crippen LogP contribution is -2.30. The van der Waals surface area contributed by atoms with Crippen molar-refractivity contribution in [2.45, 2.75) is 52.1 Å². The molecule has 0 saturated heterocycles. The van der Waals surface area contributed by atoms with E-state index < -0.39 is 5.60 Å². The topological polar surface area (TPSA) is 20.2 Å². The summed E-state index contributed by atoms with van der Waals surface area (Å²) < 4.78 is 0. The lowest BCUT2D eigenvalue weighted by molar-refractivity contribution is -0.00443. The molecule has 1 aromatic rings. The molecule has 1 N–H and O–H groups in total. The SMILES string of the molecule is CCC1CCCC1(O)c1ccc(C)cc1C. The highest BCUT2D eigenvalue weighted by atomic mass is 16.3. The summed E-state index contributed by atoms with van der Waals surface area (Å²) >= 11 is 0. The van der Waals surface area contributed by atoms with Crippen LogP contribution in [0.4, 0.5) is 0 Å². The van der Waals surface area contributed by atoms with Crippen molar-refractivity contribution in [2.75, 3.05) is 0 Å². The van der Waals surface area contributed by atoms with E-state index in [2.05, 4.69) is 39.0 Å². The fourth-order valence-electron chi connectivity index (χ4n) is 3.26. The quantitative estimate of drug-likeness (QED) is 0.802. The van der Waals surface area contributed by atoms with E-state index in [1.54, 1.807) is 0 Å². The van der Waals surface area contributed by atoms with Crippen LogP contribution in [0.2, 0.25) is 0 Å². The molecule has 0 heterocycles. The first-order valence-electron chi connectivity index (χ1n) is 6.38. The van der Waals surface area contributed by atoms with Crippen molar-refractivity contribution in [2.24, 2.45) is 5.92 Å². The smallest absolute Gasteiger partial charge is 0.0927 e. The zero-order chi connectivity index (χ0) is 11.8. The molecule has 2 unspecified atom stereocenters. The third-order valence-electron chi connectivity index (χ3n) is 4.13. The van der Waals surface area contributed by atoms with Crippen molar-refractivity contribution >= 4 is 0 Å². The molecule has 1 aliphatic rings. The Bertz CT molecular complexity index is 383. The van der Waals surface area contributed by atoms with E-state index in [1.807, 2.05) is 0 Å². The van der Waals surface area contributed by atoms with Gasteiger partial charge in [0.1, 0.15) is 0 Å². The molecular weight excluding hydrogens is 196 g/mol. The lowest BCUT2D eigenvalue weighted by Gasteiger charge is -2.31. The van der Waals surface area contributed by atoms with E-state index in [0.29, 0.717) is 5.92 Å². The molecule has 0 spiro atoms. The molecule has 0 amide bonds. The number of benzene rings is 1. The maximum Gasteiger partial charge on any atom is 0.0927 e. The summed E-state index contributed by atoms with van der Waals surface area (Å²) in [6.45, 7) is 6.41. The van der Waals surface area contributed by atoms with Crippen molar-refractivity contribution in [1.82, 2.24) is 0 Å². The molecule has 16 heavy (non-hydrogen) atoms. The maximum absolute atomic E-state index is 10.9. The Balaban J connectivity index is 2.42. The first-order valence-corrected chi connectivity index (χ1v) is 6.38. The van der Waals surface area contributed by atoms with Gasteiger partial charge in [-0.2, -0.15) is 0 Å². The van der Waals surface area contributed by atoms with Crippen LogP contribution in [0, 0.1) is 19.8 Å². The molecule has 1 aromatic carbocycles. The fraction of sp³-hybridized carbons (Fsp3) is 0.600. The van der Waals surface area contributed by atoms with Crippen molar-refractivity contribution in [1.29, 1.82) is 0 Å². The van der Waals surface area contributed by atoms with Gasteiger partial charge in [-0.25, -0.2) is 0 Å². The van der Waals surface area contributed by atoms with Gasteiger partial charge in [0.2, 0.25) is 0 Å². The predicted octanol–water partition coefficient (Wildman–Crippen LogP) is 3.70. The Morgan fingerprint density at radius 3 is 2.75 bits per heavy atom. The van der Waals surface area contributed by atoms with Gasteiger partial charge in [0.15, 0.2) is 0 Å². The summed E-state index contributed by atoms with van der Waals surface area (Å²) in [4.78, 5) is 0. The molecule has 1 fully saturated rings. The highest BCUT2D eigenvalue weighted by molar-refractivity contribution is 5.36. The largest absolute Gasteiger partial charge is 0.385 e. The van der Waals surface area contributed by atoms with Crippen LogP contribution >= 0.6 is 0 Å². The average molecular weight is 218 g/mol. The molecule has 2 atom stereocenters.